The standard InChI is InChI=1S/C24H33N5O3.HI/c1-28(21-6-3-2-4-7-21)17-5-16-25-24(27-20-10-14-23(30)15-11-20)26-18-19-8-12-22(13-9-19)29(31)32;/h2-4,6-9,12-13,20,23,30H,5,10-11,14-18H2,1H3,(H2,25,26,27);1H. The fraction of sp³-hybridized carbons (Fsp3) is 0.458. The van der Waals surface area contributed by atoms with Crippen molar-refractivity contribution in [2.75, 3.05) is 25.0 Å². The zero-order chi connectivity index (χ0) is 22.8. The Morgan fingerprint density at radius 2 is 1.79 bits per heavy atom. The van der Waals surface area contributed by atoms with Gasteiger partial charge in [-0.2, -0.15) is 0 Å². The van der Waals surface area contributed by atoms with Gasteiger partial charge in [-0.1, -0.05) is 30.3 Å². The number of halogens is 1. The summed E-state index contributed by atoms with van der Waals surface area (Å²) in [6.45, 7) is 2.13. The minimum atomic E-state index is -0.397. The van der Waals surface area contributed by atoms with Gasteiger partial charge in [0, 0.05) is 44.0 Å². The maximum Gasteiger partial charge on any atom is 0.269 e. The third-order valence-electron chi connectivity index (χ3n) is 5.76. The van der Waals surface area contributed by atoms with Crippen molar-refractivity contribution in [1.82, 2.24) is 10.6 Å². The molecule has 2 aromatic rings. The predicted octanol–water partition coefficient (Wildman–Crippen LogP) is 4.08. The molecular formula is C24H34IN5O3. The molecule has 0 amide bonds. The monoisotopic (exact) mass is 567 g/mol. The Kier molecular flexibility index (Phi) is 11.4. The molecule has 0 saturated heterocycles. The number of rotatable bonds is 9. The number of para-hydroxylation sites is 1. The van der Waals surface area contributed by atoms with Crippen molar-refractivity contribution in [1.29, 1.82) is 0 Å². The molecule has 0 atom stereocenters. The largest absolute Gasteiger partial charge is 0.393 e. The molecule has 0 spiro atoms. The number of aliphatic hydroxyl groups is 1. The summed E-state index contributed by atoms with van der Waals surface area (Å²) >= 11 is 0. The first-order valence-electron chi connectivity index (χ1n) is 11.2. The highest BCUT2D eigenvalue weighted by atomic mass is 127. The van der Waals surface area contributed by atoms with E-state index in [1.54, 1.807) is 12.1 Å². The lowest BCUT2D eigenvalue weighted by atomic mass is 9.93. The molecule has 9 heteroatoms. The van der Waals surface area contributed by atoms with Crippen LogP contribution in [0, 0.1) is 10.1 Å². The van der Waals surface area contributed by atoms with Gasteiger partial charge in [-0.25, -0.2) is 4.99 Å². The molecule has 180 valence electrons. The Balaban J connectivity index is 0.00000385. The molecule has 0 heterocycles. The van der Waals surface area contributed by atoms with Gasteiger partial charge in [0.2, 0.25) is 0 Å². The first kappa shape index (κ1) is 26.8. The van der Waals surface area contributed by atoms with E-state index in [9.17, 15) is 15.2 Å². The highest BCUT2D eigenvalue weighted by molar-refractivity contribution is 14.0. The van der Waals surface area contributed by atoms with Crippen molar-refractivity contribution in [3.8, 4) is 0 Å². The summed E-state index contributed by atoms with van der Waals surface area (Å²) in [5.74, 6) is 0.743. The maximum absolute atomic E-state index is 10.8. The van der Waals surface area contributed by atoms with Crippen LogP contribution in [0.1, 0.15) is 37.7 Å². The van der Waals surface area contributed by atoms with Gasteiger partial charge in [-0.05, 0) is 49.8 Å². The van der Waals surface area contributed by atoms with E-state index in [0.29, 0.717) is 6.54 Å². The molecule has 0 aliphatic heterocycles. The van der Waals surface area contributed by atoms with Gasteiger partial charge in [0.05, 0.1) is 17.6 Å². The van der Waals surface area contributed by atoms with Crippen molar-refractivity contribution in [2.45, 2.75) is 50.8 Å². The van der Waals surface area contributed by atoms with E-state index < -0.39 is 4.92 Å². The molecule has 8 nitrogen and oxygen atoms in total. The van der Waals surface area contributed by atoms with Gasteiger partial charge in [0.25, 0.3) is 5.69 Å². The van der Waals surface area contributed by atoms with Crippen LogP contribution < -0.4 is 15.5 Å². The van der Waals surface area contributed by atoms with Gasteiger partial charge >= 0.3 is 0 Å². The number of non-ortho nitro benzene ring substituents is 1. The number of nitro groups is 1. The number of benzene rings is 2. The number of nitrogens with one attached hydrogen (secondary N) is 2. The van der Waals surface area contributed by atoms with Gasteiger partial charge in [0.15, 0.2) is 5.96 Å². The molecule has 33 heavy (non-hydrogen) atoms. The molecule has 3 N–H and O–H groups in total. The molecular weight excluding hydrogens is 533 g/mol. The highest BCUT2D eigenvalue weighted by Gasteiger charge is 2.20. The van der Waals surface area contributed by atoms with Crippen LogP contribution in [0.15, 0.2) is 59.6 Å². The number of nitrogens with zero attached hydrogens (tertiary/aromatic N) is 3. The molecule has 1 aliphatic carbocycles. The zero-order valence-electron chi connectivity index (χ0n) is 19.0. The SMILES string of the molecule is CN(CCCNC(=NCc1ccc([N+](=O)[O-])cc1)NC1CCC(O)CC1)c1ccccc1.I. The second-order valence-electron chi connectivity index (χ2n) is 8.28. The van der Waals surface area contributed by atoms with Crippen LogP contribution in [0.5, 0.6) is 0 Å². The van der Waals surface area contributed by atoms with Crippen molar-refractivity contribution in [3.63, 3.8) is 0 Å². The minimum absolute atomic E-state index is 0. The number of hydrogen-bond acceptors (Lipinski definition) is 5. The molecule has 0 bridgehead atoms. The van der Waals surface area contributed by atoms with E-state index >= 15 is 0 Å². The quantitative estimate of drug-likeness (QED) is 0.105. The van der Waals surface area contributed by atoms with E-state index in [1.165, 1.54) is 17.8 Å². The second kappa shape index (κ2) is 14.0. The van der Waals surface area contributed by atoms with E-state index in [-0.39, 0.29) is 41.8 Å². The average Bonchev–Trinajstić information content (AvgIpc) is 2.82. The number of aliphatic hydroxyl groups excluding tert-OH is 1. The van der Waals surface area contributed by atoms with Crippen molar-refractivity contribution in [2.24, 2.45) is 4.99 Å². The van der Waals surface area contributed by atoms with E-state index in [4.69, 9.17) is 4.99 Å². The van der Waals surface area contributed by atoms with Crippen LogP contribution in [0.2, 0.25) is 0 Å². The molecule has 2 aromatic carbocycles. The number of guanidine groups is 1. The number of anilines is 1. The topological polar surface area (TPSA) is 103 Å². The molecule has 0 unspecified atom stereocenters. The number of nitro benzene ring substituents is 1. The lowest BCUT2D eigenvalue weighted by Gasteiger charge is -2.28. The summed E-state index contributed by atoms with van der Waals surface area (Å²) in [5.41, 5.74) is 2.19. The summed E-state index contributed by atoms with van der Waals surface area (Å²) in [6.07, 6.45) is 4.18. The lowest BCUT2D eigenvalue weighted by molar-refractivity contribution is -0.384. The molecule has 0 radical (unpaired) electrons. The summed E-state index contributed by atoms with van der Waals surface area (Å²) in [4.78, 5) is 17.4. The Bertz CT molecular complexity index is 871. The third kappa shape index (κ3) is 9.17. The smallest absolute Gasteiger partial charge is 0.269 e. The van der Waals surface area contributed by atoms with Crippen molar-refractivity contribution in [3.05, 3.63) is 70.3 Å². The van der Waals surface area contributed by atoms with Crippen LogP contribution in [-0.4, -0.2) is 48.3 Å². The van der Waals surface area contributed by atoms with E-state index in [2.05, 4.69) is 34.7 Å². The summed E-state index contributed by atoms with van der Waals surface area (Å²) < 4.78 is 0. The van der Waals surface area contributed by atoms with Crippen LogP contribution >= 0.6 is 24.0 Å². The number of aliphatic imine (C=N–C) groups is 1. The van der Waals surface area contributed by atoms with Gasteiger partial charge in [-0.3, -0.25) is 10.1 Å². The average molecular weight is 567 g/mol. The van der Waals surface area contributed by atoms with Crippen LogP contribution in [0.25, 0.3) is 0 Å². The Labute approximate surface area is 212 Å². The van der Waals surface area contributed by atoms with Crippen LogP contribution in [0.4, 0.5) is 11.4 Å². The van der Waals surface area contributed by atoms with Gasteiger partial charge in [-0.15, -0.1) is 24.0 Å². The predicted molar refractivity (Wildman–Crippen MR) is 143 cm³/mol. The van der Waals surface area contributed by atoms with Crippen LogP contribution in [-0.2, 0) is 6.54 Å². The lowest BCUT2D eigenvalue weighted by Crippen LogP contribution is -2.46. The molecule has 1 aliphatic rings. The molecule has 1 fully saturated rings. The minimum Gasteiger partial charge on any atom is -0.393 e. The van der Waals surface area contributed by atoms with E-state index in [0.717, 1.165) is 56.7 Å². The summed E-state index contributed by atoms with van der Waals surface area (Å²) in [5, 5.41) is 27.5. The second-order valence-corrected chi connectivity index (χ2v) is 8.28. The Hall–Kier alpha value is -2.40. The van der Waals surface area contributed by atoms with Crippen molar-refractivity contribution < 1.29 is 10.0 Å². The fourth-order valence-corrected chi connectivity index (χ4v) is 3.79. The summed E-state index contributed by atoms with van der Waals surface area (Å²) in [7, 11) is 2.09. The zero-order valence-corrected chi connectivity index (χ0v) is 21.4. The molecule has 0 aromatic heterocycles. The number of hydrogen-bond donors (Lipinski definition) is 3. The van der Waals surface area contributed by atoms with Gasteiger partial charge in [0.1, 0.15) is 0 Å². The fourth-order valence-electron chi connectivity index (χ4n) is 3.79. The normalized spacial score (nSPS) is 18.2. The molecule has 3 rings (SSSR count). The Morgan fingerprint density at radius 3 is 2.42 bits per heavy atom. The highest BCUT2D eigenvalue weighted by Crippen LogP contribution is 2.18. The van der Waals surface area contributed by atoms with E-state index in [1.807, 2.05) is 18.2 Å². The Morgan fingerprint density at radius 1 is 1.12 bits per heavy atom. The first-order valence-corrected chi connectivity index (χ1v) is 11.2. The van der Waals surface area contributed by atoms with Gasteiger partial charge < -0.3 is 20.6 Å². The van der Waals surface area contributed by atoms with Crippen molar-refractivity contribution >= 4 is 41.3 Å². The third-order valence-corrected chi connectivity index (χ3v) is 5.76. The summed E-state index contributed by atoms with van der Waals surface area (Å²) in [6, 6.07) is 17.1. The molecule has 1 saturated carbocycles. The van der Waals surface area contributed by atoms with Crippen LogP contribution in [0.3, 0.4) is 0 Å². The first-order chi connectivity index (χ1) is 15.5. The maximum atomic E-state index is 10.8.